The van der Waals surface area contributed by atoms with Crippen molar-refractivity contribution in [3.8, 4) is 0 Å². The van der Waals surface area contributed by atoms with Crippen LogP contribution in [-0.4, -0.2) is 92.5 Å². The van der Waals surface area contributed by atoms with E-state index >= 15 is 0 Å². The van der Waals surface area contributed by atoms with Crippen LogP contribution in [0, 0.1) is 5.92 Å². The first-order valence-corrected chi connectivity index (χ1v) is 16.3. The van der Waals surface area contributed by atoms with Crippen molar-refractivity contribution >= 4 is 0 Å². The van der Waals surface area contributed by atoms with E-state index in [4.69, 9.17) is 33.2 Å². The number of unbranched alkanes of at least 4 members (excludes halogenated alkanes) is 12. The quantitative estimate of drug-likeness (QED) is 0.0754. The van der Waals surface area contributed by atoms with Gasteiger partial charge in [-0.3, -0.25) is 0 Å². The highest BCUT2D eigenvalue weighted by Gasteiger charge is 1.99. The van der Waals surface area contributed by atoms with E-state index in [9.17, 15) is 0 Å². The third-order valence-corrected chi connectivity index (χ3v) is 6.72. The SMILES string of the molecule is CCCCCCCCCCCCCCCOCCOCCOCCOCCOCCOCCOCC(C)CC. The van der Waals surface area contributed by atoms with Gasteiger partial charge >= 0.3 is 0 Å². The molecule has 0 fully saturated rings. The van der Waals surface area contributed by atoms with E-state index in [1.54, 1.807) is 0 Å². The lowest BCUT2D eigenvalue weighted by atomic mass is 10.0. The van der Waals surface area contributed by atoms with Crippen LogP contribution >= 0.6 is 0 Å². The number of rotatable bonds is 35. The zero-order valence-electron chi connectivity index (χ0n) is 26.2. The lowest BCUT2D eigenvalue weighted by Gasteiger charge is -2.10. The Morgan fingerprint density at radius 3 is 0.949 bits per heavy atom. The number of hydrogen-bond acceptors (Lipinski definition) is 7. The predicted octanol–water partition coefficient (Wildman–Crippen LogP) is 7.24. The Morgan fingerprint density at radius 1 is 0.333 bits per heavy atom. The Balaban J connectivity index is 3.03. The van der Waals surface area contributed by atoms with Crippen molar-refractivity contribution in [1.82, 2.24) is 0 Å². The molecule has 0 aromatic heterocycles. The van der Waals surface area contributed by atoms with Crippen LogP contribution in [0.1, 0.15) is 111 Å². The van der Waals surface area contributed by atoms with Crippen LogP contribution < -0.4 is 0 Å². The molecule has 0 rings (SSSR count). The molecular weight excluding hydrogens is 496 g/mol. The van der Waals surface area contributed by atoms with Gasteiger partial charge in [-0.05, 0) is 12.3 Å². The fourth-order valence-electron chi connectivity index (χ4n) is 3.94. The molecule has 0 aliphatic carbocycles. The van der Waals surface area contributed by atoms with Gasteiger partial charge in [0.1, 0.15) is 0 Å². The highest BCUT2D eigenvalue weighted by atomic mass is 16.6. The molecule has 1 atom stereocenters. The first kappa shape index (κ1) is 38.7. The van der Waals surface area contributed by atoms with Crippen molar-refractivity contribution in [2.24, 2.45) is 5.92 Å². The average molecular weight is 563 g/mol. The summed E-state index contributed by atoms with van der Waals surface area (Å²) in [4.78, 5) is 0. The molecule has 236 valence electrons. The Bertz CT molecular complexity index is 425. The second-order valence-electron chi connectivity index (χ2n) is 10.5. The van der Waals surface area contributed by atoms with E-state index in [0.717, 1.165) is 26.1 Å². The maximum Gasteiger partial charge on any atom is 0.0701 e. The molecule has 0 spiro atoms. The van der Waals surface area contributed by atoms with E-state index < -0.39 is 0 Å². The first-order chi connectivity index (χ1) is 19.3. The minimum absolute atomic E-state index is 0.564. The van der Waals surface area contributed by atoms with Crippen LogP contribution in [0.2, 0.25) is 0 Å². The summed E-state index contributed by atoms with van der Waals surface area (Å²) in [5.74, 6) is 0.612. The molecule has 0 saturated carbocycles. The van der Waals surface area contributed by atoms with Gasteiger partial charge in [0.15, 0.2) is 0 Å². The maximum atomic E-state index is 5.66. The van der Waals surface area contributed by atoms with Gasteiger partial charge in [-0.1, -0.05) is 104 Å². The van der Waals surface area contributed by atoms with Crippen molar-refractivity contribution in [2.75, 3.05) is 92.5 Å². The maximum absolute atomic E-state index is 5.66. The van der Waals surface area contributed by atoms with Gasteiger partial charge in [0.05, 0.1) is 79.3 Å². The minimum Gasteiger partial charge on any atom is -0.379 e. The van der Waals surface area contributed by atoms with E-state index in [-0.39, 0.29) is 0 Å². The first-order valence-electron chi connectivity index (χ1n) is 16.3. The van der Waals surface area contributed by atoms with Crippen molar-refractivity contribution in [2.45, 2.75) is 111 Å². The zero-order chi connectivity index (χ0) is 28.3. The molecule has 7 nitrogen and oxygen atoms in total. The van der Waals surface area contributed by atoms with Crippen molar-refractivity contribution in [3.05, 3.63) is 0 Å². The summed E-state index contributed by atoms with van der Waals surface area (Å²) >= 11 is 0. The smallest absolute Gasteiger partial charge is 0.0701 e. The molecule has 0 aromatic carbocycles. The van der Waals surface area contributed by atoms with Crippen LogP contribution in [0.5, 0.6) is 0 Å². The fourth-order valence-corrected chi connectivity index (χ4v) is 3.94. The molecular formula is C32H66O7. The fraction of sp³-hybridized carbons (Fsp3) is 1.00. The number of hydrogen-bond donors (Lipinski definition) is 0. The highest BCUT2D eigenvalue weighted by Crippen LogP contribution is 2.12. The summed E-state index contributed by atoms with van der Waals surface area (Å²) in [6.45, 7) is 15.4. The molecule has 0 radical (unpaired) electrons. The van der Waals surface area contributed by atoms with Crippen LogP contribution in [0.3, 0.4) is 0 Å². The molecule has 7 heteroatoms. The van der Waals surface area contributed by atoms with Crippen LogP contribution in [0.15, 0.2) is 0 Å². The molecule has 0 amide bonds. The Labute approximate surface area is 242 Å². The summed E-state index contributed by atoms with van der Waals surface area (Å²) in [6.07, 6.45) is 19.0. The van der Waals surface area contributed by atoms with E-state index in [2.05, 4.69) is 20.8 Å². The Morgan fingerprint density at radius 2 is 0.615 bits per heavy atom. The molecule has 0 heterocycles. The molecule has 1 unspecified atom stereocenters. The predicted molar refractivity (Wildman–Crippen MR) is 161 cm³/mol. The molecule has 0 N–H and O–H groups in total. The van der Waals surface area contributed by atoms with Crippen LogP contribution in [0.25, 0.3) is 0 Å². The summed E-state index contributed by atoms with van der Waals surface area (Å²) < 4.78 is 38.7. The standard InChI is InChI=1S/C32H66O7/c1-4-6-7-8-9-10-11-12-13-14-15-16-17-18-33-19-20-34-21-22-35-23-24-36-25-26-37-27-28-38-29-30-39-31-32(3)5-2/h32H,4-31H2,1-3H3. The lowest BCUT2D eigenvalue weighted by molar-refractivity contribution is -0.0215. The lowest BCUT2D eigenvalue weighted by Crippen LogP contribution is -2.15. The summed E-state index contributed by atoms with van der Waals surface area (Å²) in [5, 5.41) is 0. The van der Waals surface area contributed by atoms with Gasteiger partial charge in [0, 0.05) is 13.2 Å². The van der Waals surface area contributed by atoms with Crippen LogP contribution in [-0.2, 0) is 33.2 Å². The van der Waals surface area contributed by atoms with Gasteiger partial charge in [0.2, 0.25) is 0 Å². The molecule has 0 aliphatic heterocycles. The van der Waals surface area contributed by atoms with E-state index in [0.29, 0.717) is 85.2 Å². The molecule has 0 aromatic rings. The summed E-state index contributed by atoms with van der Waals surface area (Å²) in [5.41, 5.74) is 0. The molecule has 0 saturated heterocycles. The second kappa shape index (κ2) is 35.7. The van der Waals surface area contributed by atoms with Crippen molar-refractivity contribution in [3.63, 3.8) is 0 Å². The van der Waals surface area contributed by atoms with Gasteiger partial charge < -0.3 is 33.2 Å². The van der Waals surface area contributed by atoms with Crippen LogP contribution in [0.4, 0.5) is 0 Å². The normalized spacial score (nSPS) is 12.4. The summed E-state index contributed by atoms with van der Waals surface area (Å²) in [7, 11) is 0. The Kier molecular flexibility index (Phi) is 35.5. The van der Waals surface area contributed by atoms with E-state index in [1.807, 2.05) is 0 Å². The van der Waals surface area contributed by atoms with Gasteiger partial charge in [-0.2, -0.15) is 0 Å². The zero-order valence-corrected chi connectivity index (χ0v) is 26.2. The highest BCUT2D eigenvalue weighted by molar-refractivity contribution is 4.49. The molecule has 0 aliphatic rings. The summed E-state index contributed by atoms with van der Waals surface area (Å²) in [6, 6.07) is 0. The van der Waals surface area contributed by atoms with Gasteiger partial charge in [-0.25, -0.2) is 0 Å². The third kappa shape index (κ3) is 35.7. The van der Waals surface area contributed by atoms with E-state index in [1.165, 1.54) is 77.0 Å². The second-order valence-corrected chi connectivity index (χ2v) is 10.5. The molecule has 0 bridgehead atoms. The van der Waals surface area contributed by atoms with Crippen molar-refractivity contribution < 1.29 is 33.2 Å². The van der Waals surface area contributed by atoms with Gasteiger partial charge in [-0.15, -0.1) is 0 Å². The largest absolute Gasteiger partial charge is 0.379 e. The average Bonchev–Trinajstić information content (AvgIpc) is 2.95. The van der Waals surface area contributed by atoms with Gasteiger partial charge in [0.25, 0.3) is 0 Å². The van der Waals surface area contributed by atoms with Crippen molar-refractivity contribution in [1.29, 1.82) is 0 Å². The molecule has 39 heavy (non-hydrogen) atoms. The monoisotopic (exact) mass is 562 g/mol. The minimum atomic E-state index is 0.564. The topological polar surface area (TPSA) is 64.6 Å². The number of ether oxygens (including phenoxy) is 7. The Hall–Kier alpha value is -0.280. The third-order valence-electron chi connectivity index (χ3n) is 6.72.